The Balaban J connectivity index is 1.24. The van der Waals surface area contributed by atoms with Crippen LogP contribution in [0.15, 0.2) is 85.3 Å². The van der Waals surface area contributed by atoms with E-state index in [0.717, 1.165) is 23.4 Å². The standard InChI is InChI=1S/C29H23ClF3N3O3/c30-25-11-8-21(16-24(25)29(31,32)33)27(37)35-14-12-22(13-15-35)36-18-34-17-26(36)19-6-9-23(10-7-19)39-28(38)20-4-2-1-3-5-20/h1-11,16-18,22H,12-15H2. The van der Waals surface area contributed by atoms with Gasteiger partial charge in [0.15, 0.2) is 0 Å². The number of ether oxygens (including phenoxy) is 1. The first-order chi connectivity index (χ1) is 18.7. The van der Waals surface area contributed by atoms with Gasteiger partial charge in [0.1, 0.15) is 5.75 Å². The Kier molecular flexibility index (Phi) is 7.43. The number of rotatable bonds is 5. The van der Waals surface area contributed by atoms with Gasteiger partial charge in [-0.3, -0.25) is 4.79 Å². The van der Waals surface area contributed by atoms with Crippen LogP contribution in [0.1, 0.15) is 45.2 Å². The number of likely N-dealkylation sites (tertiary alicyclic amines) is 1. The Morgan fingerprint density at radius 1 is 0.923 bits per heavy atom. The van der Waals surface area contributed by atoms with Gasteiger partial charge in [0.25, 0.3) is 5.91 Å². The number of amides is 1. The summed E-state index contributed by atoms with van der Waals surface area (Å²) in [5.74, 6) is -0.480. The zero-order valence-corrected chi connectivity index (χ0v) is 21.3. The molecular weight excluding hydrogens is 531 g/mol. The van der Waals surface area contributed by atoms with E-state index in [0.29, 0.717) is 37.2 Å². The molecule has 1 aliphatic heterocycles. The van der Waals surface area contributed by atoms with E-state index < -0.39 is 28.6 Å². The molecule has 39 heavy (non-hydrogen) atoms. The molecule has 6 nitrogen and oxygen atoms in total. The molecule has 0 N–H and O–H groups in total. The number of benzene rings is 3. The normalized spacial score (nSPS) is 14.3. The van der Waals surface area contributed by atoms with E-state index in [2.05, 4.69) is 4.98 Å². The zero-order valence-electron chi connectivity index (χ0n) is 20.6. The fourth-order valence-electron chi connectivity index (χ4n) is 4.66. The molecule has 0 saturated carbocycles. The minimum atomic E-state index is -4.64. The molecule has 10 heteroatoms. The Morgan fingerprint density at radius 2 is 1.62 bits per heavy atom. The average molecular weight is 554 g/mol. The predicted octanol–water partition coefficient (Wildman–Crippen LogP) is 6.92. The number of hydrogen-bond acceptors (Lipinski definition) is 4. The fraction of sp³-hybridized carbons (Fsp3) is 0.207. The number of esters is 1. The summed E-state index contributed by atoms with van der Waals surface area (Å²) >= 11 is 5.69. The van der Waals surface area contributed by atoms with Crippen molar-refractivity contribution in [1.82, 2.24) is 14.5 Å². The maximum Gasteiger partial charge on any atom is 0.417 e. The van der Waals surface area contributed by atoms with Crippen molar-refractivity contribution in [3.05, 3.63) is 107 Å². The summed E-state index contributed by atoms with van der Waals surface area (Å²) < 4.78 is 47.2. The molecule has 0 bridgehead atoms. The fourth-order valence-corrected chi connectivity index (χ4v) is 4.88. The third-order valence-corrected chi connectivity index (χ3v) is 7.03. The van der Waals surface area contributed by atoms with Crippen LogP contribution in [-0.4, -0.2) is 39.4 Å². The largest absolute Gasteiger partial charge is 0.423 e. The van der Waals surface area contributed by atoms with Gasteiger partial charge in [0.2, 0.25) is 0 Å². The van der Waals surface area contributed by atoms with Crippen molar-refractivity contribution in [2.24, 2.45) is 0 Å². The van der Waals surface area contributed by atoms with Crippen molar-refractivity contribution < 1.29 is 27.5 Å². The first-order valence-electron chi connectivity index (χ1n) is 12.3. The summed E-state index contributed by atoms with van der Waals surface area (Å²) in [6.45, 7) is 0.777. The Bertz CT molecular complexity index is 1480. The molecule has 4 aromatic rings. The van der Waals surface area contributed by atoms with Crippen molar-refractivity contribution in [1.29, 1.82) is 0 Å². The molecule has 1 amide bonds. The van der Waals surface area contributed by atoms with E-state index in [-0.39, 0.29) is 11.6 Å². The zero-order chi connectivity index (χ0) is 27.6. The van der Waals surface area contributed by atoms with Gasteiger partial charge in [-0.05, 0) is 67.4 Å². The summed E-state index contributed by atoms with van der Waals surface area (Å²) in [6, 6.07) is 19.1. The molecule has 200 valence electrons. The predicted molar refractivity (Wildman–Crippen MR) is 140 cm³/mol. The first kappa shape index (κ1) is 26.5. The molecule has 0 spiro atoms. The highest BCUT2D eigenvalue weighted by Gasteiger charge is 2.34. The SMILES string of the molecule is O=C(Oc1ccc(-c2cncn2C2CCN(C(=O)c3ccc(Cl)c(C(F)(F)F)c3)CC2)cc1)c1ccccc1. The minimum absolute atomic E-state index is 0.0402. The summed E-state index contributed by atoms with van der Waals surface area (Å²) in [6.07, 6.45) is 0.0631. The van der Waals surface area contributed by atoms with E-state index in [1.807, 2.05) is 22.8 Å². The van der Waals surface area contributed by atoms with Gasteiger partial charge in [0.05, 0.1) is 34.4 Å². The molecule has 5 rings (SSSR count). The molecular formula is C29H23ClF3N3O3. The van der Waals surface area contributed by atoms with Crippen LogP contribution in [-0.2, 0) is 6.18 Å². The lowest BCUT2D eigenvalue weighted by molar-refractivity contribution is -0.137. The van der Waals surface area contributed by atoms with Gasteiger partial charge in [-0.1, -0.05) is 29.8 Å². The topological polar surface area (TPSA) is 64.4 Å². The van der Waals surface area contributed by atoms with Crippen LogP contribution in [0.5, 0.6) is 5.75 Å². The second kappa shape index (κ2) is 10.9. The molecule has 0 unspecified atom stereocenters. The highest BCUT2D eigenvalue weighted by Crippen LogP contribution is 2.36. The molecule has 0 radical (unpaired) electrons. The van der Waals surface area contributed by atoms with E-state index in [1.54, 1.807) is 53.8 Å². The molecule has 1 saturated heterocycles. The second-order valence-corrected chi connectivity index (χ2v) is 9.59. The van der Waals surface area contributed by atoms with E-state index in [1.165, 1.54) is 6.07 Å². The number of piperidine rings is 1. The first-order valence-corrected chi connectivity index (χ1v) is 12.6. The van der Waals surface area contributed by atoms with Crippen LogP contribution in [0.25, 0.3) is 11.3 Å². The van der Waals surface area contributed by atoms with Crippen molar-refractivity contribution in [2.75, 3.05) is 13.1 Å². The number of carbonyl (C=O) groups is 2. The van der Waals surface area contributed by atoms with E-state index in [9.17, 15) is 22.8 Å². The summed E-state index contributed by atoms with van der Waals surface area (Å²) in [4.78, 5) is 31.1. The van der Waals surface area contributed by atoms with Crippen LogP contribution < -0.4 is 4.74 Å². The third kappa shape index (κ3) is 5.83. The highest BCUT2D eigenvalue weighted by molar-refractivity contribution is 6.31. The highest BCUT2D eigenvalue weighted by atomic mass is 35.5. The monoisotopic (exact) mass is 553 g/mol. The number of alkyl halides is 3. The number of halogens is 4. The Hall–Kier alpha value is -4.11. The minimum Gasteiger partial charge on any atom is -0.423 e. The van der Waals surface area contributed by atoms with Crippen LogP contribution >= 0.6 is 11.6 Å². The summed E-state index contributed by atoms with van der Waals surface area (Å²) in [5.41, 5.74) is 1.15. The van der Waals surface area contributed by atoms with Gasteiger partial charge in [-0.2, -0.15) is 13.2 Å². The van der Waals surface area contributed by atoms with Crippen molar-refractivity contribution >= 4 is 23.5 Å². The lowest BCUT2D eigenvalue weighted by Gasteiger charge is -2.33. The van der Waals surface area contributed by atoms with Crippen molar-refractivity contribution in [3.8, 4) is 17.0 Å². The van der Waals surface area contributed by atoms with Gasteiger partial charge in [-0.15, -0.1) is 0 Å². The molecule has 1 aliphatic rings. The molecule has 2 heterocycles. The van der Waals surface area contributed by atoms with Gasteiger partial charge in [-0.25, -0.2) is 9.78 Å². The van der Waals surface area contributed by atoms with Crippen molar-refractivity contribution in [3.63, 3.8) is 0 Å². The quantitative estimate of drug-likeness (QED) is 0.199. The molecule has 1 aromatic heterocycles. The van der Waals surface area contributed by atoms with Gasteiger partial charge in [0, 0.05) is 30.3 Å². The number of hydrogen-bond donors (Lipinski definition) is 0. The lowest BCUT2D eigenvalue weighted by Crippen LogP contribution is -2.39. The van der Waals surface area contributed by atoms with E-state index in [4.69, 9.17) is 16.3 Å². The smallest absolute Gasteiger partial charge is 0.417 e. The molecule has 0 aliphatic carbocycles. The maximum atomic E-state index is 13.2. The van der Waals surface area contributed by atoms with Crippen LogP contribution in [0, 0.1) is 0 Å². The summed E-state index contributed by atoms with van der Waals surface area (Å²) in [5, 5.41) is -0.437. The van der Waals surface area contributed by atoms with Crippen molar-refractivity contribution in [2.45, 2.75) is 25.1 Å². The summed E-state index contributed by atoms with van der Waals surface area (Å²) in [7, 11) is 0. The molecule has 0 atom stereocenters. The second-order valence-electron chi connectivity index (χ2n) is 9.18. The maximum absolute atomic E-state index is 13.2. The number of aromatic nitrogens is 2. The number of carbonyl (C=O) groups excluding carboxylic acids is 2. The number of nitrogens with zero attached hydrogens (tertiary/aromatic N) is 3. The van der Waals surface area contributed by atoms with Gasteiger partial charge >= 0.3 is 12.1 Å². The van der Waals surface area contributed by atoms with Gasteiger partial charge < -0.3 is 14.2 Å². The average Bonchev–Trinajstić information content (AvgIpc) is 3.43. The van der Waals surface area contributed by atoms with Crippen LogP contribution in [0.2, 0.25) is 5.02 Å². The lowest BCUT2D eigenvalue weighted by atomic mass is 10.0. The number of imidazole rings is 1. The molecule has 1 fully saturated rings. The Labute approximate surface area is 227 Å². The molecule has 3 aromatic carbocycles. The van der Waals surface area contributed by atoms with Crippen LogP contribution in [0.3, 0.4) is 0 Å². The van der Waals surface area contributed by atoms with E-state index >= 15 is 0 Å². The Morgan fingerprint density at radius 3 is 2.28 bits per heavy atom. The van der Waals surface area contributed by atoms with Crippen LogP contribution in [0.4, 0.5) is 13.2 Å². The third-order valence-electron chi connectivity index (χ3n) is 6.70.